The molecule has 1 rings (SSSR count). The Kier molecular flexibility index (Phi) is 2.82. The van der Waals surface area contributed by atoms with Gasteiger partial charge in [-0.3, -0.25) is 0 Å². The van der Waals surface area contributed by atoms with Gasteiger partial charge in [0.05, 0.1) is 0 Å². The fourth-order valence-electron chi connectivity index (χ4n) is 2.62. The zero-order valence-electron chi connectivity index (χ0n) is 9.31. The molecule has 0 aromatic carbocycles. The van der Waals surface area contributed by atoms with E-state index in [-0.39, 0.29) is 0 Å². The SMILES string of the molecule is C[CH2][Sn]1([CH2]C)[N](C)C(C)(C)[N]1C. The first kappa shape index (κ1) is 10.8. The van der Waals surface area contributed by atoms with Crippen molar-refractivity contribution in [2.75, 3.05) is 14.1 Å². The molecule has 1 heterocycles. The van der Waals surface area contributed by atoms with Crippen LogP contribution >= 0.6 is 0 Å². The van der Waals surface area contributed by atoms with Crippen LogP contribution in [-0.2, 0) is 0 Å². The van der Waals surface area contributed by atoms with Crippen LogP contribution in [0.1, 0.15) is 27.7 Å². The fourth-order valence-corrected chi connectivity index (χ4v) is 17.0. The third-order valence-corrected chi connectivity index (χ3v) is 20.7. The molecule has 1 aliphatic rings. The average Bonchev–Trinajstić information content (AvgIpc) is 2.07. The molecule has 72 valence electrons. The second-order valence-corrected chi connectivity index (χ2v) is 17.8. The van der Waals surface area contributed by atoms with E-state index < -0.39 is 18.9 Å². The molecule has 2 nitrogen and oxygen atoms in total. The number of hydrogen-bond donors (Lipinski definition) is 0. The molecule has 1 saturated heterocycles. The van der Waals surface area contributed by atoms with Gasteiger partial charge in [-0.25, -0.2) is 0 Å². The zero-order chi connectivity index (χ0) is 9.57. The predicted molar refractivity (Wildman–Crippen MR) is 56.3 cm³/mol. The van der Waals surface area contributed by atoms with Crippen LogP contribution < -0.4 is 0 Å². The van der Waals surface area contributed by atoms with Gasteiger partial charge in [-0.1, -0.05) is 0 Å². The molecule has 0 unspecified atom stereocenters. The molecule has 12 heavy (non-hydrogen) atoms. The van der Waals surface area contributed by atoms with Gasteiger partial charge in [-0.05, 0) is 0 Å². The summed E-state index contributed by atoms with van der Waals surface area (Å²) in [4.78, 5) is 0. The van der Waals surface area contributed by atoms with E-state index in [4.69, 9.17) is 0 Å². The Bertz CT molecular complexity index is 161. The van der Waals surface area contributed by atoms with E-state index in [9.17, 15) is 0 Å². The van der Waals surface area contributed by atoms with E-state index in [1.807, 2.05) is 0 Å². The predicted octanol–water partition coefficient (Wildman–Crippen LogP) is 2.08. The van der Waals surface area contributed by atoms with Gasteiger partial charge in [0.25, 0.3) is 0 Å². The molecule has 0 saturated carbocycles. The van der Waals surface area contributed by atoms with Crippen LogP contribution in [0.3, 0.4) is 0 Å². The van der Waals surface area contributed by atoms with Crippen molar-refractivity contribution in [3.8, 4) is 0 Å². The van der Waals surface area contributed by atoms with Crippen molar-refractivity contribution >= 4 is 18.9 Å². The standard InChI is InChI=1S/C5H12N2.2C2H5.Sn/c1-5(2,6-3)7-4;2*1-2;/h1-4H3;2*1H2,2H3;/q-2;;;+2. The first-order chi connectivity index (χ1) is 5.43. The van der Waals surface area contributed by atoms with Gasteiger partial charge in [-0.2, -0.15) is 0 Å². The van der Waals surface area contributed by atoms with Gasteiger partial charge in [0.2, 0.25) is 0 Å². The van der Waals surface area contributed by atoms with Gasteiger partial charge >= 0.3 is 81.5 Å². The van der Waals surface area contributed by atoms with Gasteiger partial charge < -0.3 is 0 Å². The summed E-state index contributed by atoms with van der Waals surface area (Å²) in [5.74, 6) is 0. The van der Waals surface area contributed by atoms with Crippen molar-refractivity contribution in [3.05, 3.63) is 0 Å². The fraction of sp³-hybridized carbons (Fsp3) is 1.00. The quantitative estimate of drug-likeness (QED) is 0.713. The molecule has 0 aliphatic carbocycles. The molecule has 0 radical (unpaired) electrons. The monoisotopic (exact) mass is 278 g/mol. The Morgan fingerprint density at radius 2 is 1.33 bits per heavy atom. The third-order valence-electron chi connectivity index (χ3n) is 4.02. The van der Waals surface area contributed by atoms with Crippen molar-refractivity contribution < 1.29 is 0 Å². The molecule has 0 bridgehead atoms. The number of hydrogen-bond acceptors (Lipinski definition) is 2. The Morgan fingerprint density at radius 1 is 1.00 bits per heavy atom. The van der Waals surface area contributed by atoms with Crippen LogP contribution in [0, 0.1) is 0 Å². The molecule has 0 N–H and O–H groups in total. The van der Waals surface area contributed by atoms with E-state index in [1.165, 1.54) is 8.87 Å². The summed E-state index contributed by atoms with van der Waals surface area (Å²) in [6.45, 7) is 9.38. The maximum absolute atomic E-state index is 2.70. The minimum atomic E-state index is -1.93. The molecule has 3 heteroatoms. The third kappa shape index (κ3) is 1.07. The van der Waals surface area contributed by atoms with E-state index in [0.29, 0.717) is 5.66 Å². The molecule has 0 atom stereocenters. The first-order valence-corrected chi connectivity index (χ1v) is 11.5. The van der Waals surface area contributed by atoms with Crippen LogP contribution in [-0.4, -0.2) is 44.9 Å². The van der Waals surface area contributed by atoms with Gasteiger partial charge in [0.15, 0.2) is 0 Å². The van der Waals surface area contributed by atoms with Crippen LogP contribution in [0.4, 0.5) is 0 Å². The molecule has 0 amide bonds. The van der Waals surface area contributed by atoms with Crippen molar-refractivity contribution in [3.63, 3.8) is 0 Å². The second-order valence-electron chi connectivity index (χ2n) is 4.30. The molecular formula is C9H22N2Sn. The molecule has 0 aromatic heterocycles. The van der Waals surface area contributed by atoms with Gasteiger partial charge in [0.1, 0.15) is 0 Å². The van der Waals surface area contributed by atoms with Gasteiger partial charge in [0, 0.05) is 0 Å². The van der Waals surface area contributed by atoms with E-state index in [0.717, 1.165) is 0 Å². The average molecular weight is 277 g/mol. The summed E-state index contributed by atoms with van der Waals surface area (Å²) in [5, 5.41) is 0. The van der Waals surface area contributed by atoms with Crippen molar-refractivity contribution in [1.82, 2.24) is 6.24 Å². The second kappa shape index (κ2) is 3.14. The molecule has 0 aromatic rings. The normalized spacial score (nSPS) is 28.5. The van der Waals surface area contributed by atoms with Crippen LogP contribution in [0.5, 0.6) is 0 Å². The summed E-state index contributed by atoms with van der Waals surface area (Å²) in [6, 6.07) is 0. The Balaban J connectivity index is 2.84. The number of rotatable bonds is 2. The summed E-state index contributed by atoms with van der Waals surface area (Å²) >= 11 is -1.93. The minimum absolute atomic E-state index is 0.335. The zero-order valence-corrected chi connectivity index (χ0v) is 12.2. The number of nitrogens with zero attached hydrogens (tertiary/aromatic N) is 2. The topological polar surface area (TPSA) is 6.48 Å². The van der Waals surface area contributed by atoms with Crippen LogP contribution in [0.15, 0.2) is 0 Å². The Morgan fingerprint density at radius 3 is 1.50 bits per heavy atom. The van der Waals surface area contributed by atoms with Crippen LogP contribution in [0.2, 0.25) is 8.87 Å². The summed E-state index contributed by atoms with van der Waals surface area (Å²) in [7, 11) is 4.64. The summed E-state index contributed by atoms with van der Waals surface area (Å²) in [5.41, 5.74) is 0.335. The van der Waals surface area contributed by atoms with E-state index in [1.54, 1.807) is 0 Å². The molecule has 0 spiro atoms. The first-order valence-electron chi connectivity index (χ1n) is 4.91. The summed E-state index contributed by atoms with van der Waals surface area (Å²) in [6.07, 6.45) is 0. The van der Waals surface area contributed by atoms with Crippen molar-refractivity contribution in [1.29, 1.82) is 0 Å². The van der Waals surface area contributed by atoms with Crippen LogP contribution in [0.25, 0.3) is 0 Å². The van der Waals surface area contributed by atoms with Gasteiger partial charge in [-0.15, -0.1) is 0 Å². The molecular weight excluding hydrogens is 255 g/mol. The molecule has 1 aliphatic heterocycles. The summed E-state index contributed by atoms with van der Waals surface area (Å²) < 4.78 is 8.23. The van der Waals surface area contributed by atoms with Crippen molar-refractivity contribution in [2.24, 2.45) is 0 Å². The Labute approximate surface area is 81.5 Å². The maximum atomic E-state index is 2.70. The van der Waals surface area contributed by atoms with Crippen molar-refractivity contribution in [2.45, 2.75) is 42.2 Å². The molecule has 1 fully saturated rings. The van der Waals surface area contributed by atoms with E-state index >= 15 is 0 Å². The van der Waals surface area contributed by atoms with E-state index in [2.05, 4.69) is 48.0 Å². The Hall–Kier alpha value is 0.719.